The number of ether oxygens (including phenoxy) is 1. The van der Waals surface area contributed by atoms with Gasteiger partial charge in [-0.05, 0) is 61.6 Å². The topological polar surface area (TPSA) is 114 Å². The number of amides is 3. The molecule has 2 N–H and O–H groups in total. The van der Waals surface area contributed by atoms with Crippen LogP contribution in [-0.4, -0.2) is 70.4 Å². The Hall–Kier alpha value is -4.72. The van der Waals surface area contributed by atoms with Gasteiger partial charge in [-0.25, -0.2) is 26.9 Å². The van der Waals surface area contributed by atoms with Crippen LogP contribution < -0.4 is 10.6 Å². The average molecular weight is 682 g/mol. The van der Waals surface area contributed by atoms with Crippen molar-refractivity contribution in [2.45, 2.75) is 68.4 Å². The Kier molecular flexibility index (Phi) is 8.24. The molecule has 3 aliphatic heterocycles. The summed E-state index contributed by atoms with van der Waals surface area (Å²) < 4.78 is 80.7. The number of fused-ring (bicyclic) bond motifs is 4. The zero-order chi connectivity index (χ0) is 34.7. The van der Waals surface area contributed by atoms with E-state index in [0.29, 0.717) is 34.3 Å². The Morgan fingerprint density at radius 3 is 2.63 bits per heavy atom. The molecular formula is C35H32F5N5O4. The van der Waals surface area contributed by atoms with Crippen molar-refractivity contribution in [1.29, 1.82) is 0 Å². The maximum atomic E-state index is 15.4. The van der Waals surface area contributed by atoms with Crippen LogP contribution in [0, 0.1) is 17.5 Å². The van der Waals surface area contributed by atoms with Gasteiger partial charge in [-0.15, -0.1) is 0 Å². The molecule has 1 fully saturated rings. The van der Waals surface area contributed by atoms with Gasteiger partial charge in [0.05, 0.1) is 24.1 Å². The monoisotopic (exact) mass is 681 g/mol. The van der Waals surface area contributed by atoms with E-state index in [0.717, 1.165) is 11.0 Å². The van der Waals surface area contributed by atoms with Gasteiger partial charge in [0.15, 0.2) is 11.6 Å². The number of piperidine rings is 1. The summed E-state index contributed by atoms with van der Waals surface area (Å²) in [7, 11) is 0. The zero-order valence-electron chi connectivity index (χ0n) is 26.4. The van der Waals surface area contributed by atoms with Gasteiger partial charge in [-0.3, -0.25) is 19.4 Å². The van der Waals surface area contributed by atoms with Crippen molar-refractivity contribution in [3.8, 4) is 0 Å². The first-order chi connectivity index (χ1) is 23.4. The molecule has 5 heterocycles. The van der Waals surface area contributed by atoms with Gasteiger partial charge in [0.25, 0.3) is 11.8 Å². The third-order valence-corrected chi connectivity index (χ3v) is 10.0. The quantitative estimate of drug-likeness (QED) is 0.281. The van der Waals surface area contributed by atoms with Crippen molar-refractivity contribution in [3.63, 3.8) is 0 Å². The van der Waals surface area contributed by atoms with Crippen LogP contribution in [0.2, 0.25) is 0 Å². The Morgan fingerprint density at radius 2 is 1.82 bits per heavy atom. The molecule has 1 saturated heterocycles. The molecule has 3 aromatic rings. The summed E-state index contributed by atoms with van der Waals surface area (Å²) >= 11 is 0. The van der Waals surface area contributed by atoms with Crippen LogP contribution in [0.3, 0.4) is 0 Å². The maximum Gasteiger partial charge on any atom is 0.265 e. The Morgan fingerprint density at radius 1 is 1.02 bits per heavy atom. The van der Waals surface area contributed by atoms with Crippen LogP contribution >= 0.6 is 0 Å². The van der Waals surface area contributed by atoms with Crippen molar-refractivity contribution in [2.24, 2.45) is 0 Å². The minimum atomic E-state index is -3.42. The number of alkyl halides is 2. The molecule has 3 unspecified atom stereocenters. The minimum Gasteiger partial charge on any atom is -0.377 e. The molecule has 7 rings (SSSR count). The predicted octanol–water partition coefficient (Wildman–Crippen LogP) is 4.84. The number of hydrogen-bond donors (Lipinski definition) is 2. The summed E-state index contributed by atoms with van der Waals surface area (Å²) in [6.45, 7) is 0.388. The third kappa shape index (κ3) is 5.85. The summed E-state index contributed by atoms with van der Waals surface area (Å²) in [6.07, 6.45) is 5.75. The summed E-state index contributed by atoms with van der Waals surface area (Å²) in [4.78, 5) is 50.4. The molecule has 4 atom stereocenters. The van der Waals surface area contributed by atoms with Crippen LogP contribution in [0.15, 0.2) is 42.7 Å². The predicted molar refractivity (Wildman–Crippen MR) is 166 cm³/mol. The molecule has 1 aromatic carbocycles. The molecule has 4 aliphatic rings. The molecule has 1 spiro atoms. The van der Waals surface area contributed by atoms with E-state index >= 15 is 17.6 Å². The number of pyridine rings is 2. The number of anilines is 1. The van der Waals surface area contributed by atoms with E-state index in [2.05, 4.69) is 20.6 Å². The maximum absolute atomic E-state index is 15.4. The van der Waals surface area contributed by atoms with Gasteiger partial charge in [-0.1, -0.05) is 12.2 Å². The number of benzene rings is 1. The van der Waals surface area contributed by atoms with E-state index in [9.17, 15) is 18.8 Å². The minimum absolute atomic E-state index is 0.0131. The smallest absolute Gasteiger partial charge is 0.265 e. The van der Waals surface area contributed by atoms with Crippen LogP contribution in [0.4, 0.5) is 27.8 Å². The highest BCUT2D eigenvalue weighted by Crippen LogP contribution is 2.47. The highest BCUT2D eigenvalue weighted by molar-refractivity contribution is 6.06. The van der Waals surface area contributed by atoms with Crippen LogP contribution in [0.5, 0.6) is 0 Å². The van der Waals surface area contributed by atoms with E-state index in [1.165, 1.54) is 13.1 Å². The number of rotatable bonds is 1. The summed E-state index contributed by atoms with van der Waals surface area (Å²) in [5.74, 6) is -10.1. The molecule has 3 amide bonds. The standard InChI is InChI=1S/C35H32F5N5O4/c1-18-22(28-24(36)5-6-25(37)29(28)38)12-26-32(47)45(18)17-35(39,40)7-3-9-49-8-2-4-19-10-23-30(42-15-19)44-33(48)34(23)13-20-11-21(31(46)43-26)16-41-27(20)14-34/h2,4-6,10-11,15-16,18,22,26H,3,7-9,12-14,17H2,1H3,(H,43,46)(H,42,44,48)/b4-2-/t18?,22?,26?,34-/m0/s1. The lowest BCUT2D eigenvalue weighted by Gasteiger charge is -2.44. The van der Waals surface area contributed by atoms with E-state index in [-0.39, 0.29) is 50.4 Å². The summed E-state index contributed by atoms with van der Waals surface area (Å²) in [6, 6.07) is 2.12. The number of carbonyl (C=O) groups is 3. The molecule has 0 radical (unpaired) electrons. The lowest BCUT2D eigenvalue weighted by molar-refractivity contribution is -0.147. The number of halogens is 5. The van der Waals surface area contributed by atoms with Gasteiger partial charge >= 0.3 is 0 Å². The lowest BCUT2D eigenvalue weighted by atomic mass is 9.79. The van der Waals surface area contributed by atoms with Gasteiger partial charge < -0.3 is 20.3 Å². The number of nitrogens with zero attached hydrogens (tertiary/aromatic N) is 3. The highest BCUT2D eigenvalue weighted by atomic mass is 19.3. The zero-order valence-corrected chi connectivity index (χ0v) is 26.4. The summed E-state index contributed by atoms with van der Waals surface area (Å²) in [5, 5.41) is 5.40. The number of carbonyl (C=O) groups excluding carboxylic acids is 3. The fourth-order valence-electron chi connectivity index (χ4n) is 7.48. The summed E-state index contributed by atoms with van der Waals surface area (Å²) in [5.41, 5.74) is 0.962. The van der Waals surface area contributed by atoms with Crippen molar-refractivity contribution >= 4 is 29.6 Å². The SMILES string of the molecule is CC1C(c2c(F)ccc(F)c2F)CC2NC(=O)c3cnc4c(c3)C[C@@]3(C4)C(=O)Nc4ncc(cc43)/C=C\COCCCC(F)(F)CN1C2=O. The lowest BCUT2D eigenvalue weighted by Crippen LogP contribution is -2.60. The molecule has 7 bridgehead atoms. The van der Waals surface area contributed by atoms with Crippen LogP contribution in [0.25, 0.3) is 6.08 Å². The van der Waals surface area contributed by atoms with E-state index < -0.39 is 77.1 Å². The third-order valence-electron chi connectivity index (χ3n) is 10.0. The highest BCUT2D eigenvalue weighted by Gasteiger charge is 2.52. The Labute approximate surface area is 277 Å². The Bertz CT molecular complexity index is 1900. The fraction of sp³-hybridized carbons (Fsp3) is 0.400. The molecule has 9 nitrogen and oxygen atoms in total. The first kappa shape index (κ1) is 32.8. The van der Waals surface area contributed by atoms with E-state index in [1.807, 2.05) is 6.07 Å². The number of hydrogen-bond acceptors (Lipinski definition) is 6. The molecule has 0 saturated carbocycles. The molecule has 49 heavy (non-hydrogen) atoms. The van der Waals surface area contributed by atoms with Crippen molar-refractivity contribution in [3.05, 3.63) is 93.7 Å². The molecule has 256 valence electrons. The largest absolute Gasteiger partial charge is 0.377 e. The second-order valence-electron chi connectivity index (χ2n) is 13.2. The number of nitrogens with one attached hydrogen (secondary N) is 2. The van der Waals surface area contributed by atoms with E-state index in [4.69, 9.17) is 4.74 Å². The fourth-order valence-corrected chi connectivity index (χ4v) is 7.48. The number of aromatic nitrogens is 2. The van der Waals surface area contributed by atoms with Crippen molar-refractivity contribution in [1.82, 2.24) is 20.2 Å². The molecule has 14 heteroatoms. The second kappa shape index (κ2) is 12.3. The van der Waals surface area contributed by atoms with Gasteiger partial charge in [0.1, 0.15) is 17.7 Å². The first-order valence-electron chi connectivity index (χ1n) is 16.0. The average Bonchev–Trinajstić information content (AvgIpc) is 3.58. The molecule has 2 aromatic heterocycles. The van der Waals surface area contributed by atoms with Crippen molar-refractivity contribution < 1.29 is 41.1 Å². The van der Waals surface area contributed by atoms with Crippen LogP contribution in [0.1, 0.15) is 70.4 Å². The molecule has 1 aliphatic carbocycles. The van der Waals surface area contributed by atoms with E-state index in [1.54, 1.807) is 24.4 Å². The van der Waals surface area contributed by atoms with Gasteiger partial charge in [0, 0.05) is 60.6 Å². The first-order valence-corrected chi connectivity index (χ1v) is 16.0. The van der Waals surface area contributed by atoms with Crippen molar-refractivity contribution in [2.75, 3.05) is 25.1 Å². The van der Waals surface area contributed by atoms with Crippen LogP contribution in [-0.2, 0) is 32.6 Å². The molecular weight excluding hydrogens is 649 g/mol. The Balaban J connectivity index is 1.25. The van der Waals surface area contributed by atoms with Gasteiger partial charge in [0.2, 0.25) is 11.8 Å². The normalized spacial score (nSPS) is 27.3. The van der Waals surface area contributed by atoms with Gasteiger partial charge in [-0.2, -0.15) is 0 Å². The second-order valence-corrected chi connectivity index (χ2v) is 13.2.